The average molecular weight is 347 g/mol. The van der Waals surface area contributed by atoms with Gasteiger partial charge in [-0.1, -0.05) is 0 Å². The maximum absolute atomic E-state index is 6.77. The third-order valence-corrected chi connectivity index (χ3v) is 21.7. The minimum absolute atomic E-state index is 1.33. The van der Waals surface area contributed by atoms with Crippen molar-refractivity contribution in [3.05, 3.63) is 45.7 Å². The van der Waals surface area contributed by atoms with Gasteiger partial charge in [0.2, 0.25) is 0 Å². The topological polar surface area (TPSA) is 0 Å². The first-order valence-corrected chi connectivity index (χ1v) is 14.1. The first kappa shape index (κ1) is 10.7. The van der Waals surface area contributed by atoms with Crippen molar-refractivity contribution in [2.24, 2.45) is 0 Å². The summed E-state index contributed by atoms with van der Waals surface area (Å²) in [7, 11) is 6.77. The van der Waals surface area contributed by atoms with Crippen LogP contribution in [-0.4, -0.2) is 17.3 Å². The molecule has 0 spiro atoms. The molecule has 0 amide bonds. The fourth-order valence-corrected chi connectivity index (χ4v) is 16.1. The number of rotatable bonds is 3. The number of hydrogen-bond donors (Lipinski definition) is 0. The predicted molar refractivity (Wildman–Crippen MR) is 69.7 cm³/mol. The Kier molecular flexibility index (Phi) is 3.37. The molecule has 0 aromatic carbocycles. The van der Waals surface area contributed by atoms with Crippen molar-refractivity contribution in [2.75, 3.05) is 0 Å². The van der Waals surface area contributed by atoms with Gasteiger partial charge in [-0.15, -0.1) is 0 Å². The molecule has 4 heteroatoms. The van der Waals surface area contributed by atoms with Crippen molar-refractivity contribution in [1.82, 2.24) is 0 Å². The summed E-state index contributed by atoms with van der Waals surface area (Å²) >= 11 is 0.603. The Hall–Kier alpha value is 0.229. The molecule has 0 unspecified atom stereocenters. The molecule has 0 bridgehead atoms. The summed E-state index contributed by atoms with van der Waals surface area (Å²) in [4.78, 5) is 0. The number of hydrogen-bond acceptors (Lipinski definition) is 2. The van der Waals surface area contributed by atoms with E-state index in [0.29, 0.717) is 0 Å². The molecule has 0 aliphatic rings. The Morgan fingerprint density at radius 3 is 1.93 bits per heavy atom. The predicted octanol–water partition coefficient (Wildman–Crippen LogP) is 2.83. The van der Waals surface area contributed by atoms with Gasteiger partial charge in [0.1, 0.15) is 0 Å². The average Bonchev–Trinajstić information content (AvgIpc) is 2.88. The fourth-order valence-electron chi connectivity index (χ4n) is 1.29. The molecule has 0 saturated carbocycles. The molecule has 2 aromatic rings. The van der Waals surface area contributed by atoms with E-state index in [0.717, 1.165) is 0 Å². The Morgan fingerprint density at radius 1 is 1.14 bits per heavy atom. The molecule has 14 heavy (non-hydrogen) atoms. The first-order chi connectivity index (χ1) is 6.77. The minimum atomic E-state index is -2.90. The normalized spacial score (nSPS) is 11.5. The molecule has 72 valence electrons. The zero-order chi connectivity index (χ0) is 10.0. The standard InChI is InChI=1S/2C4H3S.C2H3.ClH.Sn/c2*1-2-4-5-3-1;1-2;;/h2*1-3H;1H,2H2;1H;/q;;;;+1/p-1. The summed E-state index contributed by atoms with van der Waals surface area (Å²) in [6.45, 7) is 3.92. The molecule has 0 fully saturated rings. The van der Waals surface area contributed by atoms with Crippen LogP contribution in [0.5, 0.6) is 0 Å². The van der Waals surface area contributed by atoms with Crippen LogP contribution >= 0.6 is 31.6 Å². The van der Waals surface area contributed by atoms with E-state index in [1.807, 2.05) is 4.09 Å². The second-order valence-electron chi connectivity index (χ2n) is 2.87. The molecule has 0 aliphatic heterocycles. The van der Waals surface area contributed by atoms with E-state index >= 15 is 0 Å². The second-order valence-corrected chi connectivity index (χ2v) is 19.1. The Balaban J connectivity index is 2.51. The van der Waals surface area contributed by atoms with E-state index in [4.69, 9.17) is 8.92 Å². The summed E-state index contributed by atoms with van der Waals surface area (Å²) in [5.41, 5.74) is 0. The Bertz CT molecular complexity index is 371. The van der Waals surface area contributed by atoms with Crippen LogP contribution in [0, 0.1) is 0 Å². The van der Waals surface area contributed by atoms with Crippen molar-refractivity contribution in [3.8, 4) is 0 Å². The van der Waals surface area contributed by atoms with E-state index in [-0.39, 0.29) is 0 Å². The number of thiophene rings is 2. The van der Waals surface area contributed by atoms with Crippen LogP contribution < -0.4 is 5.79 Å². The van der Waals surface area contributed by atoms with Crippen LogP contribution in [0.4, 0.5) is 0 Å². The van der Waals surface area contributed by atoms with Gasteiger partial charge in [0, 0.05) is 0 Å². The van der Waals surface area contributed by atoms with E-state index in [1.54, 1.807) is 22.7 Å². The summed E-state index contributed by atoms with van der Waals surface area (Å²) in [6, 6.07) is 8.39. The molecule has 0 saturated heterocycles. The second kappa shape index (κ2) is 4.39. The van der Waals surface area contributed by atoms with Gasteiger partial charge in [0.15, 0.2) is 0 Å². The fraction of sp³-hybridized carbons (Fsp3) is 0. The van der Waals surface area contributed by atoms with Gasteiger partial charge >= 0.3 is 100 Å². The monoisotopic (exact) mass is 348 g/mol. The Morgan fingerprint density at radius 2 is 1.64 bits per heavy atom. The van der Waals surface area contributed by atoms with E-state index in [1.165, 1.54) is 5.79 Å². The zero-order valence-electron chi connectivity index (χ0n) is 7.44. The van der Waals surface area contributed by atoms with Crippen LogP contribution in [0.15, 0.2) is 45.7 Å². The summed E-state index contributed by atoms with van der Waals surface area (Å²) < 4.78 is 4.67. The van der Waals surface area contributed by atoms with Crippen LogP contribution in [0.2, 0.25) is 0 Å². The van der Waals surface area contributed by atoms with Crippen molar-refractivity contribution < 1.29 is 0 Å². The molecule has 0 aliphatic carbocycles. The van der Waals surface area contributed by atoms with Gasteiger partial charge in [-0.3, -0.25) is 0 Å². The summed E-state index contributed by atoms with van der Waals surface area (Å²) in [6.07, 6.45) is 0. The molecule has 2 aromatic heterocycles. The van der Waals surface area contributed by atoms with Crippen molar-refractivity contribution >= 4 is 54.6 Å². The summed E-state index contributed by atoms with van der Waals surface area (Å²) in [5, 5.41) is 4.17. The van der Waals surface area contributed by atoms with Gasteiger partial charge in [-0.2, -0.15) is 0 Å². The van der Waals surface area contributed by atoms with Crippen LogP contribution in [0.3, 0.4) is 0 Å². The SMILES string of the molecule is C=[CH][Sn]([Cl])([c]1cccs1)[c]1cccs1. The molecular formula is C10H9ClS2Sn. The van der Waals surface area contributed by atoms with Crippen molar-refractivity contribution in [2.45, 2.75) is 0 Å². The van der Waals surface area contributed by atoms with Crippen molar-refractivity contribution in [1.29, 1.82) is 0 Å². The van der Waals surface area contributed by atoms with Crippen LogP contribution in [0.25, 0.3) is 0 Å². The molecule has 0 radical (unpaired) electrons. The summed E-state index contributed by atoms with van der Waals surface area (Å²) in [5.74, 6) is 0. The number of halogens is 1. The van der Waals surface area contributed by atoms with Crippen LogP contribution in [-0.2, 0) is 0 Å². The third kappa shape index (κ3) is 1.80. The molecule has 2 rings (SSSR count). The van der Waals surface area contributed by atoms with Gasteiger partial charge < -0.3 is 0 Å². The van der Waals surface area contributed by atoms with E-state index in [2.05, 4.69) is 41.6 Å². The molecule has 0 atom stereocenters. The van der Waals surface area contributed by atoms with Gasteiger partial charge in [0.25, 0.3) is 0 Å². The molecule has 0 N–H and O–H groups in total. The first-order valence-electron chi connectivity index (χ1n) is 4.18. The van der Waals surface area contributed by atoms with Crippen LogP contribution in [0.1, 0.15) is 0 Å². The Labute approximate surface area is 99.4 Å². The van der Waals surface area contributed by atoms with E-state index in [9.17, 15) is 0 Å². The van der Waals surface area contributed by atoms with Gasteiger partial charge in [-0.05, 0) is 0 Å². The van der Waals surface area contributed by atoms with Crippen molar-refractivity contribution in [3.63, 3.8) is 0 Å². The van der Waals surface area contributed by atoms with Gasteiger partial charge in [0.05, 0.1) is 0 Å². The maximum atomic E-state index is 6.77. The molecule has 0 nitrogen and oxygen atoms in total. The quantitative estimate of drug-likeness (QED) is 0.749. The zero-order valence-corrected chi connectivity index (χ0v) is 12.7. The third-order valence-electron chi connectivity index (χ3n) is 2.04. The van der Waals surface area contributed by atoms with Gasteiger partial charge in [-0.25, -0.2) is 0 Å². The van der Waals surface area contributed by atoms with E-state index < -0.39 is 17.3 Å². The molecular weight excluding hydrogens is 338 g/mol. The molecule has 2 heterocycles.